The van der Waals surface area contributed by atoms with Gasteiger partial charge in [-0.3, -0.25) is 4.99 Å². The summed E-state index contributed by atoms with van der Waals surface area (Å²) in [4.78, 5) is 8.71. The van der Waals surface area contributed by atoms with Gasteiger partial charge in [0.15, 0.2) is 11.8 Å². The Labute approximate surface area is 166 Å². The van der Waals surface area contributed by atoms with Crippen LogP contribution in [0.15, 0.2) is 9.52 Å². The normalized spacial score (nSPS) is 21.5. The summed E-state index contributed by atoms with van der Waals surface area (Å²) in [7, 11) is 1.81. The number of halogens is 1. The Balaban J connectivity index is 0.00000288. The van der Waals surface area contributed by atoms with Crippen LogP contribution in [0.1, 0.15) is 57.2 Å². The van der Waals surface area contributed by atoms with Crippen molar-refractivity contribution in [3.63, 3.8) is 0 Å². The Morgan fingerprint density at radius 3 is 2.83 bits per heavy atom. The molecule has 2 atom stereocenters. The first-order valence-electron chi connectivity index (χ1n) is 8.44. The maximum Gasteiger partial charge on any atom is 0.228 e. The van der Waals surface area contributed by atoms with E-state index in [-0.39, 0.29) is 24.0 Å². The van der Waals surface area contributed by atoms with Crippen molar-refractivity contribution in [2.45, 2.75) is 63.2 Å². The zero-order valence-electron chi connectivity index (χ0n) is 15.0. The topological polar surface area (TPSA) is 75.3 Å². The van der Waals surface area contributed by atoms with Crippen molar-refractivity contribution in [3.8, 4) is 0 Å². The largest absolute Gasteiger partial charge is 0.356 e. The van der Waals surface area contributed by atoms with Crippen molar-refractivity contribution < 1.29 is 4.52 Å². The van der Waals surface area contributed by atoms with Crippen molar-refractivity contribution >= 4 is 41.7 Å². The third-order valence-electron chi connectivity index (χ3n) is 4.16. The third-order valence-corrected chi connectivity index (χ3v) is 5.25. The van der Waals surface area contributed by atoms with Crippen LogP contribution >= 0.6 is 35.7 Å². The molecule has 2 N–H and O–H groups in total. The lowest BCUT2D eigenvalue weighted by atomic mass is 9.95. The molecule has 1 aliphatic rings. The lowest BCUT2D eigenvalue weighted by molar-refractivity contribution is 0.370. The van der Waals surface area contributed by atoms with Crippen LogP contribution in [0.25, 0.3) is 0 Å². The second-order valence-corrected chi connectivity index (χ2v) is 7.45. The van der Waals surface area contributed by atoms with Crippen LogP contribution in [-0.2, 0) is 6.42 Å². The summed E-state index contributed by atoms with van der Waals surface area (Å²) in [6.45, 7) is 4.85. The molecule has 138 valence electrons. The molecule has 1 heterocycles. The van der Waals surface area contributed by atoms with E-state index in [1.54, 1.807) is 0 Å². The minimum Gasteiger partial charge on any atom is -0.356 e. The Morgan fingerprint density at radius 1 is 1.42 bits per heavy atom. The monoisotopic (exact) mass is 467 g/mol. The van der Waals surface area contributed by atoms with Crippen LogP contribution in [0, 0.1) is 0 Å². The Bertz CT molecular complexity index is 508. The molecule has 8 heteroatoms. The molecular formula is C16H30IN5OS. The van der Waals surface area contributed by atoms with Gasteiger partial charge in [-0.25, -0.2) is 0 Å². The Kier molecular flexibility index (Phi) is 10.0. The Morgan fingerprint density at radius 2 is 2.21 bits per heavy atom. The molecule has 0 spiro atoms. The van der Waals surface area contributed by atoms with Crippen molar-refractivity contribution in [2.24, 2.45) is 4.99 Å². The van der Waals surface area contributed by atoms with Crippen molar-refractivity contribution in [1.82, 2.24) is 20.8 Å². The fourth-order valence-corrected chi connectivity index (χ4v) is 3.60. The standard InChI is InChI=1S/C16H29N5OS.HI/c1-11(2)15-20-14(22-21-15)8-9-18-16(17-3)19-12-6-5-7-13(10-12)23-4;/h11-13H,5-10H2,1-4H3,(H2,17,18,19);1H. The second-order valence-electron chi connectivity index (χ2n) is 6.32. The predicted octanol–water partition coefficient (Wildman–Crippen LogP) is 3.19. The molecule has 0 aromatic carbocycles. The van der Waals surface area contributed by atoms with Gasteiger partial charge >= 0.3 is 0 Å². The summed E-state index contributed by atoms with van der Waals surface area (Å²) in [5, 5.41) is 11.6. The van der Waals surface area contributed by atoms with E-state index in [0.717, 1.165) is 23.6 Å². The molecule has 1 aromatic heterocycles. The summed E-state index contributed by atoms with van der Waals surface area (Å²) >= 11 is 1.98. The number of aliphatic imine (C=N–C) groups is 1. The second kappa shape index (κ2) is 11.2. The number of hydrogen-bond acceptors (Lipinski definition) is 5. The summed E-state index contributed by atoms with van der Waals surface area (Å²) in [5.41, 5.74) is 0. The lowest BCUT2D eigenvalue weighted by Gasteiger charge is -2.29. The van der Waals surface area contributed by atoms with E-state index in [1.165, 1.54) is 25.7 Å². The summed E-state index contributed by atoms with van der Waals surface area (Å²) in [6.07, 6.45) is 7.97. The van der Waals surface area contributed by atoms with Gasteiger partial charge < -0.3 is 15.2 Å². The molecule has 24 heavy (non-hydrogen) atoms. The van der Waals surface area contributed by atoms with Crippen LogP contribution in [0.2, 0.25) is 0 Å². The van der Waals surface area contributed by atoms with Crippen LogP contribution in [0.5, 0.6) is 0 Å². The first kappa shape index (κ1) is 21.5. The van der Waals surface area contributed by atoms with E-state index in [9.17, 15) is 0 Å². The predicted molar refractivity (Wildman–Crippen MR) is 112 cm³/mol. The van der Waals surface area contributed by atoms with Crippen molar-refractivity contribution in [1.29, 1.82) is 0 Å². The molecule has 0 amide bonds. The minimum atomic E-state index is 0. The molecule has 2 unspecified atom stereocenters. The molecule has 6 nitrogen and oxygen atoms in total. The molecular weight excluding hydrogens is 437 g/mol. The molecule has 1 saturated carbocycles. The SMILES string of the molecule is CN=C(NCCc1nc(C(C)C)no1)NC1CCCC(SC)C1.I. The molecule has 2 rings (SSSR count). The number of guanidine groups is 1. The maximum absolute atomic E-state index is 5.26. The van der Waals surface area contributed by atoms with Gasteiger partial charge in [0.05, 0.1) is 0 Å². The van der Waals surface area contributed by atoms with Crippen LogP contribution in [0.3, 0.4) is 0 Å². The zero-order valence-corrected chi connectivity index (χ0v) is 18.2. The van der Waals surface area contributed by atoms with E-state index in [2.05, 4.69) is 45.9 Å². The summed E-state index contributed by atoms with van der Waals surface area (Å²) in [6, 6.07) is 0.517. The quantitative estimate of drug-likeness (QED) is 0.380. The molecule has 1 fully saturated rings. The number of hydrogen-bond donors (Lipinski definition) is 2. The molecule has 0 aliphatic heterocycles. The van der Waals surface area contributed by atoms with Gasteiger partial charge in [-0.2, -0.15) is 16.7 Å². The highest BCUT2D eigenvalue weighted by Crippen LogP contribution is 2.26. The molecule has 1 aromatic rings. The smallest absolute Gasteiger partial charge is 0.228 e. The van der Waals surface area contributed by atoms with Crippen molar-refractivity contribution in [3.05, 3.63) is 11.7 Å². The van der Waals surface area contributed by atoms with E-state index in [0.29, 0.717) is 24.3 Å². The van der Waals surface area contributed by atoms with Gasteiger partial charge in [0.25, 0.3) is 0 Å². The van der Waals surface area contributed by atoms with Gasteiger partial charge in [-0.1, -0.05) is 25.4 Å². The zero-order chi connectivity index (χ0) is 16.7. The average Bonchev–Trinajstić information content (AvgIpc) is 3.03. The maximum atomic E-state index is 5.26. The fraction of sp³-hybridized carbons (Fsp3) is 0.812. The van der Waals surface area contributed by atoms with Crippen molar-refractivity contribution in [2.75, 3.05) is 19.8 Å². The highest BCUT2D eigenvalue weighted by molar-refractivity contribution is 14.0. The average molecular weight is 467 g/mol. The van der Waals surface area contributed by atoms with E-state index >= 15 is 0 Å². The van der Waals surface area contributed by atoms with E-state index < -0.39 is 0 Å². The van der Waals surface area contributed by atoms with Crippen LogP contribution < -0.4 is 10.6 Å². The van der Waals surface area contributed by atoms with Gasteiger partial charge in [0.2, 0.25) is 5.89 Å². The number of aromatic nitrogens is 2. The number of rotatable bonds is 6. The van der Waals surface area contributed by atoms with E-state index in [1.807, 2.05) is 18.8 Å². The highest BCUT2D eigenvalue weighted by atomic mass is 127. The first-order valence-corrected chi connectivity index (χ1v) is 9.73. The molecule has 0 bridgehead atoms. The first-order chi connectivity index (χ1) is 11.1. The fourth-order valence-electron chi connectivity index (χ4n) is 2.77. The van der Waals surface area contributed by atoms with Crippen LogP contribution in [-0.4, -0.2) is 47.2 Å². The van der Waals surface area contributed by atoms with Gasteiger partial charge in [-0.05, 0) is 25.5 Å². The lowest BCUT2D eigenvalue weighted by Crippen LogP contribution is -2.46. The van der Waals surface area contributed by atoms with Crippen LogP contribution in [0.4, 0.5) is 0 Å². The van der Waals surface area contributed by atoms with Gasteiger partial charge in [-0.15, -0.1) is 24.0 Å². The van der Waals surface area contributed by atoms with Gasteiger partial charge in [0.1, 0.15) is 0 Å². The molecule has 0 radical (unpaired) electrons. The van der Waals surface area contributed by atoms with Gasteiger partial charge in [0, 0.05) is 37.2 Å². The summed E-state index contributed by atoms with van der Waals surface area (Å²) in [5.74, 6) is 2.61. The number of nitrogens with one attached hydrogen (secondary N) is 2. The number of thioether (sulfide) groups is 1. The minimum absolute atomic E-state index is 0. The third kappa shape index (κ3) is 6.78. The number of nitrogens with zero attached hydrogens (tertiary/aromatic N) is 3. The summed E-state index contributed by atoms with van der Waals surface area (Å²) < 4.78 is 5.26. The van der Waals surface area contributed by atoms with E-state index in [4.69, 9.17) is 4.52 Å². The molecule has 0 saturated heterocycles. The highest BCUT2D eigenvalue weighted by Gasteiger charge is 2.21. The molecule has 1 aliphatic carbocycles. The Hall–Kier alpha value is -0.510.